The van der Waals surface area contributed by atoms with Gasteiger partial charge in [-0.3, -0.25) is 14.9 Å². The number of nitro benzene ring substituents is 1. The van der Waals surface area contributed by atoms with Crippen LogP contribution in [0.2, 0.25) is 0 Å². The third-order valence-corrected chi connectivity index (χ3v) is 2.48. The zero-order chi connectivity index (χ0) is 15.8. The molecule has 0 bridgehead atoms. The number of nitrogens with zero attached hydrogens (tertiary/aromatic N) is 1. The van der Waals surface area contributed by atoms with Crippen molar-refractivity contribution in [2.45, 2.75) is 12.5 Å². The molecule has 0 saturated heterocycles. The van der Waals surface area contributed by atoms with E-state index in [4.69, 9.17) is 16.2 Å². The summed E-state index contributed by atoms with van der Waals surface area (Å²) in [5.74, 6) is -0.679. The fraction of sp³-hybridized carbons (Fsp3) is 0.333. The van der Waals surface area contributed by atoms with Crippen LogP contribution in [0.25, 0.3) is 0 Å². The summed E-state index contributed by atoms with van der Waals surface area (Å²) >= 11 is 0. The lowest BCUT2D eigenvalue weighted by Crippen LogP contribution is -2.37. The van der Waals surface area contributed by atoms with Crippen LogP contribution < -0.4 is 16.8 Å². The number of hydrogen-bond donors (Lipinski definition) is 3. The van der Waals surface area contributed by atoms with E-state index in [1.807, 2.05) is 0 Å². The Morgan fingerprint density at radius 2 is 1.95 bits per heavy atom. The molecule has 1 atom stereocenters. The molecule has 0 aliphatic heterocycles. The number of amides is 2. The number of nitrogens with one attached hydrogen (secondary N) is 1. The number of carbonyl (C=O) groups is 2. The van der Waals surface area contributed by atoms with Gasteiger partial charge in [0.1, 0.15) is 6.61 Å². The van der Waals surface area contributed by atoms with Crippen molar-refractivity contribution in [3.63, 3.8) is 0 Å². The van der Waals surface area contributed by atoms with Gasteiger partial charge in [-0.05, 0) is 12.0 Å². The highest BCUT2D eigenvalue weighted by Gasteiger charge is 2.10. The van der Waals surface area contributed by atoms with Gasteiger partial charge in [-0.15, -0.1) is 0 Å². The predicted molar refractivity (Wildman–Crippen MR) is 73.3 cm³/mol. The number of primary amides is 1. The van der Waals surface area contributed by atoms with Crippen molar-refractivity contribution >= 4 is 17.7 Å². The van der Waals surface area contributed by atoms with Gasteiger partial charge >= 0.3 is 6.09 Å². The van der Waals surface area contributed by atoms with Gasteiger partial charge in [0.15, 0.2) is 0 Å². The summed E-state index contributed by atoms with van der Waals surface area (Å²) in [5, 5.41) is 12.7. The van der Waals surface area contributed by atoms with E-state index in [0.29, 0.717) is 6.42 Å². The van der Waals surface area contributed by atoms with Crippen LogP contribution in [0.1, 0.15) is 5.56 Å². The number of benzene rings is 1. The second-order valence-corrected chi connectivity index (χ2v) is 4.31. The van der Waals surface area contributed by atoms with E-state index in [0.717, 1.165) is 5.56 Å². The monoisotopic (exact) mass is 296 g/mol. The Balaban J connectivity index is 2.36. The molecule has 0 fully saturated rings. The van der Waals surface area contributed by atoms with E-state index < -0.39 is 23.0 Å². The topological polar surface area (TPSA) is 151 Å². The molecule has 9 nitrogen and oxygen atoms in total. The molecule has 21 heavy (non-hydrogen) atoms. The summed E-state index contributed by atoms with van der Waals surface area (Å²) in [4.78, 5) is 31.6. The highest BCUT2D eigenvalue weighted by Crippen LogP contribution is 2.12. The van der Waals surface area contributed by atoms with E-state index in [2.05, 4.69) is 5.32 Å². The SMILES string of the molecule is NC(=O)CNC(=O)OCC(N)Cc1ccc([N+](=O)[O-])cc1. The summed E-state index contributed by atoms with van der Waals surface area (Å²) < 4.78 is 4.80. The molecule has 1 unspecified atom stereocenters. The number of non-ortho nitro benzene ring substituents is 1. The number of nitro groups is 1. The first kappa shape index (κ1) is 16.4. The Hall–Kier alpha value is -2.68. The molecule has 0 aliphatic carbocycles. The van der Waals surface area contributed by atoms with Crippen molar-refractivity contribution in [3.05, 3.63) is 39.9 Å². The Bertz CT molecular complexity index is 517. The van der Waals surface area contributed by atoms with Crippen molar-refractivity contribution in [3.8, 4) is 0 Å². The second kappa shape index (κ2) is 7.80. The van der Waals surface area contributed by atoms with Gasteiger partial charge in [-0.1, -0.05) is 12.1 Å². The molecular formula is C12H16N4O5. The Morgan fingerprint density at radius 3 is 2.48 bits per heavy atom. The molecule has 0 aromatic heterocycles. The first-order chi connectivity index (χ1) is 9.88. The minimum absolute atomic E-state index is 0.00518. The quantitative estimate of drug-likeness (QED) is 0.463. The molecule has 0 radical (unpaired) electrons. The van der Waals surface area contributed by atoms with Crippen molar-refractivity contribution in [2.24, 2.45) is 11.5 Å². The molecule has 1 aromatic carbocycles. The molecule has 0 aliphatic rings. The van der Waals surface area contributed by atoms with Crippen LogP contribution in [-0.2, 0) is 16.0 Å². The van der Waals surface area contributed by atoms with Crippen molar-refractivity contribution in [1.82, 2.24) is 5.32 Å². The molecule has 9 heteroatoms. The van der Waals surface area contributed by atoms with Crippen molar-refractivity contribution in [1.29, 1.82) is 0 Å². The molecule has 1 aromatic rings. The molecule has 1 rings (SSSR count). The Labute approximate surface area is 120 Å². The summed E-state index contributed by atoms with van der Waals surface area (Å²) in [6, 6.07) is 5.46. The number of nitrogens with two attached hydrogens (primary N) is 2. The van der Waals surface area contributed by atoms with Gasteiger partial charge in [-0.25, -0.2) is 4.79 Å². The average Bonchev–Trinajstić information content (AvgIpc) is 2.43. The van der Waals surface area contributed by atoms with Crippen LogP contribution in [0, 0.1) is 10.1 Å². The largest absolute Gasteiger partial charge is 0.448 e. The fourth-order valence-electron chi connectivity index (χ4n) is 1.51. The highest BCUT2D eigenvalue weighted by molar-refractivity contribution is 5.80. The fourth-order valence-corrected chi connectivity index (χ4v) is 1.51. The Morgan fingerprint density at radius 1 is 1.33 bits per heavy atom. The maximum atomic E-state index is 11.2. The highest BCUT2D eigenvalue weighted by atomic mass is 16.6. The summed E-state index contributed by atoms with van der Waals surface area (Å²) in [7, 11) is 0. The second-order valence-electron chi connectivity index (χ2n) is 4.31. The van der Waals surface area contributed by atoms with Gasteiger partial charge in [-0.2, -0.15) is 0 Å². The number of hydrogen-bond acceptors (Lipinski definition) is 6. The van der Waals surface area contributed by atoms with E-state index >= 15 is 0 Å². The Kier molecular flexibility index (Phi) is 6.08. The van der Waals surface area contributed by atoms with Gasteiger partial charge < -0.3 is 21.5 Å². The summed E-state index contributed by atoms with van der Waals surface area (Å²) in [5.41, 5.74) is 11.4. The zero-order valence-corrected chi connectivity index (χ0v) is 11.2. The predicted octanol–water partition coefficient (Wildman–Crippen LogP) is -0.324. The molecule has 0 saturated carbocycles. The van der Waals surface area contributed by atoms with Gasteiger partial charge in [0, 0.05) is 18.2 Å². The van der Waals surface area contributed by atoms with Crippen molar-refractivity contribution < 1.29 is 19.2 Å². The van der Waals surface area contributed by atoms with E-state index in [9.17, 15) is 19.7 Å². The number of rotatable bonds is 7. The third kappa shape index (κ3) is 6.34. The average molecular weight is 296 g/mol. The first-order valence-corrected chi connectivity index (χ1v) is 6.06. The number of alkyl carbamates (subject to hydrolysis) is 1. The van der Waals surface area contributed by atoms with Crippen LogP contribution in [0.4, 0.5) is 10.5 Å². The summed E-state index contributed by atoms with van der Waals surface area (Å²) in [6.07, 6.45) is -0.394. The lowest BCUT2D eigenvalue weighted by atomic mass is 10.1. The van der Waals surface area contributed by atoms with Gasteiger partial charge in [0.05, 0.1) is 11.5 Å². The van der Waals surface area contributed by atoms with Gasteiger partial charge in [0.25, 0.3) is 5.69 Å². The van der Waals surface area contributed by atoms with Crippen LogP contribution in [0.15, 0.2) is 24.3 Å². The number of ether oxygens (including phenoxy) is 1. The van der Waals surface area contributed by atoms with Crippen molar-refractivity contribution in [2.75, 3.05) is 13.2 Å². The standard InChI is InChI=1S/C12H16N4O5/c13-9(7-21-12(18)15-6-11(14)17)5-8-1-3-10(4-2-8)16(19)20/h1-4,9H,5-7,13H2,(H2,14,17)(H,15,18). The first-order valence-electron chi connectivity index (χ1n) is 6.06. The van der Waals surface area contributed by atoms with Crippen LogP contribution in [0.5, 0.6) is 0 Å². The van der Waals surface area contributed by atoms with E-state index in [-0.39, 0.29) is 18.8 Å². The van der Waals surface area contributed by atoms with E-state index in [1.54, 1.807) is 12.1 Å². The molecule has 2 amide bonds. The minimum atomic E-state index is -0.784. The summed E-state index contributed by atoms with van der Waals surface area (Å²) in [6.45, 7) is -0.363. The van der Waals surface area contributed by atoms with Gasteiger partial charge in [0.2, 0.25) is 5.91 Å². The lowest BCUT2D eigenvalue weighted by Gasteiger charge is -2.12. The van der Waals surface area contributed by atoms with Crippen LogP contribution in [-0.4, -0.2) is 36.1 Å². The maximum absolute atomic E-state index is 11.2. The maximum Gasteiger partial charge on any atom is 0.407 e. The van der Waals surface area contributed by atoms with E-state index in [1.165, 1.54) is 12.1 Å². The molecule has 0 spiro atoms. The molecule has 5 N–H and O–H groups in total. The third-order valence-electron chi connectivity index (χ3n) is 2.48. The molecule has 114 valence electrons. The minimum Gasteiger partial charge on any atom is -0.448 e. The lowest BCUT2D eigenvalue weighted by molar-refractivity contribution is -0.384. The zero-order valence-electron chi connectivity index (χ0n) is 11.2. The smallest absolute Gasteiger partial charge is 0.407 e. The van der Waals surface area contributed by atoms with Crippen LogP contribution >= 0.6 is 0 Å². The molecule has 0 heterocycles. The number of carbonyl (C=O) groups excluding carboxylic acids is 2. The molecular weight excluding hydrogens is 280 g/mol. The normalized spacial score (nSPS) is 11.5. The van der Waals surface area contributed by atoms with Crippen LogP contribution in [0.3, 0.4) is 0 Å².